The van der Waals surface area contributed by atoms with Crippen molar-refractivity contribution in [2.24, 2.45) is 0 Å². The van der Waals surface area contributed by atoms with E-state index in [9.17, 15) is 4.79 Å². The summed E-state index contributed by atoms with van der Waals surface area (Å²) < 4.78 is 2.21. The first kappa shape index (κ1) is 19.1. The number of amides is 2. The van der Waals surface area contributed by atoms with Crippen LogP contribution in [0, 0.1) is 27.7 Å². The van der Waals surface area contributed by atoms with Crippen LogP contribution in [-0.4, -0.2) is 10.6 Å². The summed E-state index contributed by atoms with van der Waals surface area (Å²) in [6.45, 7) is 8.63. The summed E-state index contributed by atoms with van der Waals surface area (Å²) in [6, 6.07) is 15.7. The molecule has 0 spiro atoms. The molecule has 3 aromatic rings. The number of anilines is 1. The van der Waals surface area contributed by atoms with E-state index >= 15 is 0 Å². The fourth-order valence-corrected chi connectivity index (χ4v) is 3.42. The van der Waals surface area contributed by atoms with E-state index in [0.717, 1.165) is 28.2 Å². The molecule has 0 aliphatic rings. The van der Waals surface area contributed by atoms with Crippen LogP contribution in [-0.2, 0) is 6.54 Å². The van der Waals surface area contributed by atoms with Crippen molar-refractivity contribution in [3.8, 4) is 5.69 Å². The molecule has 2 amide bonds. The number of aromatic nitrogens is 1. The lowest BCUT2D eigenvalue weighted by Crippen LogP contribution is -2.28. The summed E-state index contributed by atoms with van der Waals surface area (Å²) >= 11 is 6.01. The number of nitrogens with zero attached hydrogens (tertiary/aromatic N) is 1. The second kappa shape index (κ2) is 7.89. The Kier molecular flexibility index (Phi) is 5.57. The van der Waals surface area contributed by atoms with E-state index in [0.29, 0.717) is 17.3 Å². The molecule has 0 unspecified atom stereocenters. The van der Waals surface area contributed by atoms with Gasteiger partial charge in [0.2, 0.25) is 0 Å². The van der Waals surface area contributed by atoms with Crippen LogP contribution >= 0.6 is 11.6 Å². The monoisotopic (exact) mass is 381 g/mol. The predicted octanol–water partition coefficient (Wildman–Crippen LogP) is 5.69. The van der Waals surface area contributed by atoms with Crippen LogP contribution in [0.15, 0.2) is 48.5 Å². The second-order valence-corrected chi connectivity index (χ2v) is 7.27. The van der Waals surface area contributed by atoms with Gasteiger partial charge in [-0.1, -0.05) is 29.8 Å². The van der Waals surface area contributed by atoms with Gasteiger partial charge in [-0.2, -0.15) is 0 Å². The van der Waals surface area contributed by atoms with E-state index in [4.69, 9.17) is 11.6 Å². The van der Waals surface area contributed by atoms with Crippen molar-refractivity contribution in [3.63, 3.8) is 0 Å². The fraction of sp³-hybridized carbons (Fsp3) is 0.227. The molecule has 1 heterocycles. The zero-order chi connectivity index (χ0) is 19.6. The summed E-state index contributed by atoms with van der Waals surface area (Å²) in [5, 5.41) is 6.39. The van der Waals surface area contributed by atoms with Crippen molar-refractivity contribution in [2.75, 3.05) is 5.32 Å². The maximum Gasteiger partial charge on any atom is 0.319 e. The van der Waals surface area contributed by atoms with Crippen LogP contribution < -0.4 is 10.6 Å². The molecule has 0 radical (unpaired) electrons. The Labute approximate surface area is 165 Å². The van der Waals surface area contributed by atoms with Gasteiger partial charge in [-0.25, -0.2) is 4.79 Å². The van der Waals surface area contributed by atoms with Gasteiger partial charge in [0.25, 0.3) is 0 Å². The van der Waals surface area contributed by atoms with Gasteiger partial charge in [0.15, 0.2) is 0 Å². The van der Waals surface area contributed by atoms with Gasteiger partial charge in [-0.05, 0) is 74.7 Å². The summed E-state index contributed by atoms with van der Waals surface area (Å²) in [6.07, 6.45) is 0. The molecule has 0 atom stereocenters. The molecule has 4 nitrogen and oxygen atoms in total. The number of halogens is 1. The second-order valence-electron chi connectivity index (χ2n) is 6.84. The highest BCUT2D eigenvalue weighted by atomic mass is 35.5. The van der Waals surface area contributed by atoms with Crippen molar-refractivity contribution in [2.45, 2.75) is 34.2 Å². The maximum atomic E-state index is 12.3. The van der Waals surface area contributed by atoms with Gasteiger partial charge in [0.05, 0.1) is 0 Å². The molecule has 3 rings (SSSR count). The molecule has 140 valence electrons. The Hall–Kier alpha value is -2.72. The fourth-order valence-electron chi connectivity index (χ4n) is 3.24. The summed E-state index contributed by atoms with van der Waals surface area (Å²) in [5.41, 5.74) is 7.38. The molecular formula is C22H24ClN3O. The summed E-state index contributed by atoms with van der Waals surface area (Å²) in [5.74, 6) is 0. The van der Waals surface area contributed by atoms with E-state index < -0.39 is 0 Å². The van der Waals surface area contributed by atoms with E-state index in [-0.39, 0.29) is 6.03 Å². The van der Waals surface area contributed by atoms with Crippen molar-refractivity contribution in [3.05, 3.63) is 81.6 Å². The Bertz CT molecular complexity index is 991. The molecule has 2 aromatic carbocycles. The smallest absolute Gasteiger partial charge is 0.319 e. The lowest BCUT2D eigenvalue weighted by molar-refractivity contribution is 0.251. The predicted molar refractivity (Wildman–Crippen MR) is 112 cm³/mol. The number of aryl methyl sites for hydroxylation is 3. The number of hydrogen-bond donors (Lipinski definition) is 2. The quantitative estimate of drug-likeness (QED) is 0.599. The maximum absolute atomic E-state index is 12.3. The van der Waals surface area contributed by atoms with Gasteiger partial charge in [0, 0.05) is 34.3 Å². The molecule has 0 bridgehead atoms. The summed E-state index contributed by atoms with van der Waals surface area (Å²) in [7, 11) is 0. The number of hydrogen-bond acceptors (Lipinski definition) is 1. The third kappa shape index (κ3) is 4.34. The molecule has 0 aliphatic carbocycles. The minimum Gasteiger partial charge on any atom is -0.334 e. The first-order valence-electron chi connectivity index (χ1n) is 8.91. The number of benzene rings is 2. The number of nitrogens with one attached hydrogen (secondary N) is 2. The van der Waals surface area contributed by atoms with E-state index in [1.807, 2.05) is 13.0 Å². The molecule has 1 aromatic heterocycles. The average molecular weight is 382 g/mol. The van der Waals surface area contributed by atoms with Crippen LogP contribution in [0.25, 0.3) is 5.69 Å². The molecule has 0 aliphatic heterocycles. The Balaban J connectivity index is 1.72. The van der Waals surface area contributed by atoms with E-state index in [1.165, 1.54) is 5.56 Å². The first-order chi connectivity index (χ1) is 12.8. The van der Waals surface area contributed by atoms with Crippen molar-refractivity contribution >= 4 is 23.3 Å². The van der Waals surface area contributed by atoms with Crippen molar-refractivity contribution in [1.82, 2.24) is 9.88 Å². The standard InChI is InChI=1S/C22H24ClN3O/c1-14-6-5-7-20(10-14)26-16(3)11-18(17(26)4)13-24-22(27)25-21-12-19(23)9-8-15(21)2/h5-12H,13H2,1-4H3,(H2,24,25,27). The van der Waals surface area contributed by atoms with Gasteiger partial charge in [0.1, 0.15) is 0 Å². The third-order valence-corrected chi connectivity index (χ3v) is 4.92. The van der Waals surface area contributed by atoms with Crippen LogP contribution in [0.4, 0.5) is 10.5 Å². The highest BCUT2D eigenvalue weighted by Crippen LogP contribution is 2.22. The van der Waals surface area contributed by atoms with E-state index in [1.54, 1.807) is 12.1 Å². The van der Waals surface area contributed by atoms with Gasteiger partial charge >= 0.3 is 6.03 Å². The molecular weight excluding hydrogens is 358 g/mol. The topological polar surface area (TPSA) is 46.1 Å². The lowest BCUT2D eigenvalue weighted by Gasteiger charge is -2.12. The van der Waals surface area contributed by atoms with Crippen LogP contribution in [0.3, 0.4) is 0 Å². The van der Waals surface area contributed by atoms with Crippen LogP contribution in [0.5, 0.6) is 0 Å². The molecule has 2 N–H and O–H groups in total. The number of carbonyl (C=O) groups excluding carboxylic acids is 1. The SMILES string of the molecule is Cc1cccc(-n2c(C)cc(CNC(=O)Nc3cc(Cl)ccc3C)c2C)c1. The zero-order valence-corrected chi connectivity index (χ0v) is 16.8. The normalized spacial score (nSPS) is 10.7. The number of rotatable bonds is 4. The Morgan fingerprint density at radius 2 is 1.81 bits per heavy atom. The minimum atomic E-state index is -0.249. The highest BCUT2D eigenvalue weighted by Gasteiger charge is 2.12. The van der Waals surface area contributed by atoms with E-state index in [2.05, 4.69) is 66.3 Å². The molecule has 0 saturated heterocycles. The highest BCUT2D eigenvalue weighted by molar-refractivity contribution is 6.31. The van der Waals surface area contributed by atoms with Crippen molar-refractivity contribution in [1.29, 1.82) is 0 Å². The lowest BCUT2D eigenvalue weighted by atomic mass is 10.2. The van der Waals surface area contributed by atoms with Crippen LogP contribution in [0.1, 0.15) is 28.1 Å². The Morgan fingerprint density at radius 3 is 2.56 bits per heavy atom. The Morgan fingerprint density at radius 1 is 1.04 bits per heavy atom. The molecule has 0 fully saturated rings. The number of urea groups is 1. The van der Waals surface area contributed by atoms with Gasteiger partial charge in [-0.3, -0.25) is 0 Å². The summed E-state index contributed by atoms with van der Waals surface area (Å²) in [4.78, 5) is 12.3. The van der Waals surface area contributed by atoms with Crippen molar-refractivity contribution < 1.29 is 4.79 Å². The van der Waals surface area contributed by atoms with Crippen LogP contribution in [0.2, 0.25) is 5.02 Å². The number of carbonyl (C=O) groups is 1. The third-order valence-electron chi connectivity index (χ3n) is 4.68. The van der Waals surface area contributed by atoms with Gasteiger partial charge < -0.3 is 15.2 Å². The average Bonchev–Trinajstić information content (AvgIpc) is 2.90. The van der Waals surface area contributed by atoms with Gasteiger partial charge in [-0.15, -0.1) is 0 Å². The first-order valence-corrected chi connectivity index (χ1v) is 9.29. The molecule has 5 heteroatoms. The molecule has 27 heavy (non-hydrogen) atoms. The minimum absolute atomic E-state index is 0.249. The zero-order valence-electron chi connectivity index (χ0n) is 16.1. The largest absolute Gasteiger partial charge is 0.334 e. The molecule has 0 saturated carbocycles.